The monoisotopic (exact) mass is 184 g/mol. The first-order valence-electron chi connectivity index (χ1n) is 3.90. The van der Waals surface area contributed by atoms with E-state index in [4.69, 9.17) is 10.3 Å². The second-order valence-corrected chi connectivity index (χ2v) is 2.67. The van der Waals surface area contributed by atoms with Crippen molar-refractivity contribution < 1.29 is 14.1 Å². The van der Waals surface area contributed by atoms with E-state index in [2.05, 4.69) is 9.89 Å². The maximum atomic E-state index is 11.2. The van der Waals surface area contributed by atoms with Crippen molar-refractivity contribution in [1.82, 2.24) is 5.16 Å². The topological polar surface area (TPSA) is 78.4 Å². The maximum absolute atomic E-state index is 11.2. The van der Waals surface area contributed by atoms with Crippen LogP contribution in [0, 0.1) is 6.92 Å². The van der Waals surface area contributed by atoms with Crippen LogP contribution in [0.15, 0.2) is 10.6 Å². The molecule has 1 rings (SSSR count). The van der Waals surface area contributed by atoms with Crippen LogP contribution in [-0.2, 0) is 9.53 Å². The maximum Gasteiger partial charge on any atom is 0.316 e. The number of hydrogen-bond acceptors (Lipinski definition) is 5. The second kappa shape index (κ2) is 4.04. The Morgan fingerprint density at radius 1 is 1.85 bits per heavy atom. The lowest BCUT2D eigenvalue weighted by Crippen LogP contribution is -2.22. The van der Waals surface area contributed by atoms with Crippen molar-refractivity contribution in [2.45, 2.75) is 12.8 Å². The van der Waals surface area contributed by atoms with Gasteiger partial charge in [0.2, 0.25) is 0 Å². The average Bonchev–Trinajstić information content (AvgIpc) is 2.53. The number of aromatic nitrogens is 1. The van der Waals surface area contributed by atoms with E-state index < -0.39 is 11.9 Å². The first kappa shape index (κ1) is 9.73. The number of carbonyl (C=O) groups is 1. The smallest absolute Gasteiger partial charge is 0.316 e. The summed E-state index contributed by atoms with van der Waals surface area (Å²) < 4.78 is 9.39. The summed E-state index contributed by atoms with van der Waals surface area (Å²) in [6.45, 7) is 1.92. The van der Waals surface area contributed by atoms with E-state index in [9.17, 15) is 4.79 Å². The molecule has 0 spiro atoms. The summed E-state index contributed by atoms with van der Waals surface area (Å²) in [6.07, 6.45) is 0. The summed E-state index contributed by atoms with van der Waals surface area (Å²) in [4.78, 5) is 11.2. The fourth-order valence-electron chi connectivity index (χ4n) is 1.03. The molecule has 0 bridgehead atoms. The van der Waals surface area contributed by atoms with E-state index in [-0.39, 0.29) is 6.54 Å². The number of methoxy groups -OCH3 is 1. The molecule has 0 saturated carbocycles. The Hall–Kier alpha value is -1.36. The largest absolute Gasteiger partial charge is 0.468 e. The summed E-state index contributed by atoms with van der Waals surface area (Å²) in [7, 11) is 1.32. The van der Waals surface area contributed by atoms with Gasteiger partial charge < -0.3 is 15.0 Å². The molecule has 5 heteroatoms. The van der Waals surface area contributed by atoms with Crippen LogP contribution in [0.4, 0.5) is 0 Å². The zero-order valence-corrected chi connectivity index (χ0v) is 7.61. The molecule has 72 valence electrons. The number of ether oxygens (including phenoxy) is 1. The van der Waals surface area contributed by atoms with Crippen LogP contribution < -0.4 is 5.73 Å². The number of esters is 1. The van der Waals surface area contributed by atoms with E-state index in [1.165, 1.54) is 7.11 Å². The number of carbonyl (C=O) groups excluding carboxylic acids is 1. The van der Waals surface area contributed by atoms with Crippen LogP contribution in [0.2, 0.25) is 0 Å². The van der Waals surface area contributed by atoms with Gasteiger partial charge in [0.05, 0.1) is 12.8 Å². The molecule has 0 aromatic carbocycles. The number of nitrogens with two attached hydrogens (primary N) is 1. The average molecular weight is 184 g/mol. The SMILES string of the molecule is COC(=O)C(CN)c1cc(C)on1. The van der Waals surface area contributed by atoms with Gasteiger partial charge in [-0.2, -0.15) is 0 Å². The van der Waals surface area contributed by atoms with Gasteiger partial charge >= 0.3 is 5.97 Å². The van der Waals surface area contributed by atoms with Crippen molar-refractivity contribution in [2.24, 2.45) is 5.73 Å². The minimum atomic E-state index is -0.526. The lowest BCUT2D eigenvalue weighted by atomic mass is 10.1. The van der Waals surface area contributed by atoms with Gasteiger partial charge in [0.25, 0.3) is 0 Å². The number of aryl methyl sites for hydroxylation is 1. The summed E-state index contributed by atoms with van der Waals surface area (Å²) >= 11 is 0. The summed E-state index contributed by atoms with van der Waals surface area (Å²) in [6, 6.07) is 1.68. The third kappa shape index (κ3) is 2.06. The molecular weight excluding hydrogens is 172 g/mol. The molecule has 0 aliphatic carbocycles. The predicted octanol–water partition coefficient (Wildman–Crippen LogP) is 0.198. The van der Waals surface area contributed by atoms with Gasteiger partial charge in [0.1, 0.15) is 11.7 Å². The molecule has 1 aromatic rings. The molecule has 0 aliphatic rings. The molecule has 0 fully saturated rings. The minimum Gasteiger partial charge on any atom is -0.468 e. The number of rotatable bonds is 3. The summed E-state index contributed by atoms with van der Waals surface area (Å²) in [5, 5.41) is 3.70. The van der Waals surface area contributed by atoms with Crippen LogP contribution >= 0.6 is 0 Å². The highest BCUT2D eigenvalue weighted by molar-refractivity contribution is 5.77. The first-order valence-corrected chi connectivity index (χ1v) is 3.90. The van der Waals surface area contributed by atoms with Gasteiger partial charge in [-0.25, -0.2) is 0 Å². The fraction of sp³-hybridized carbons (Fsp3) is 0.500. The highest BCUT2D eigenvalue weighted by Gasteiger charge is 2.22. The molecular formula is C8H12N2O3. The molecule has 0 radical (unpaired) electrons. The first-order chi connectivity index (χ1) is 6.19. The van der Waals surface area contributed by atoms with Crippen LogP contribution in [0.3, 0.4) is 0 Å². The van der Waals surface area contributed by atoms with E-state index in [0.29, 0.717) is 11.5 Å². The van der Waals surface area contributed by atoms with Gasteiger partial charge in [0.15, 0.2) is 0 Å². The van der Waals surface area contributed by atoms with Crippen molar-refractivity contribution in [1.29, 1.82) is 0 Å². The van der Waals surface area contributed by atoms with Crippen LogP contribution in [0.25, 0.3) is 0 Å². The van der Waals surface area contributed by atoms with Crippen molar-refractivity contribution in [3.05, 3.63) is 17.5 Å². The van der Waals surface area contributed by atoms with Crippen molar-refractivity contribution >= 4 is 5.97 Å². The van der Waals surface area contributed by atoms with Gasteiger partial charge in [-0.3, -0.25) is 4.79 Å². The summed E-state index contributed by atoms with van der Waals surface area (Å²) in [5.41, 5.74) is 5.93. The lowest BCUT2D eigenvalue weighted by Gasteiger charge is -2.07. The normalized spacial score (nSPS) is 12.5. The zero-order valence-electron chi connectivity index (χ0n) is 7.61. The Morgan fingerprint density at radius 3 is 2.92 bits per heavy atom. The van der Waals surface area contributed by atoms with E-state index in [1.807, 2.05) is 0 Å². The molecule has 2 N–H and O–H groups in total. The third-order valence-electron chi connectivity index (χ3n) is 1.72. The summed E-state index contributed by atoms with van der Waals surface area (Å²) in [5.74, 6) is -0.268. The Labute approximate surface area is 75.8 Å². The molecule has 13 heavy (non-hydrogen) atoms. The highest BCUT2D eigenvalue weighted by atomic mass is 16.5. The zero-order chi connectivity index (χ0) is 9.84. The van der Waals surface area contributed by atoms with Crippen LogP contribution in [0.5, 0.6) is 0 Å². The highest BCUT2D eigenvalue weighted by Crippen LogP contribution is 2.15. The number of nitrogens with zero attached hydrogens (tertiary/aromatic N) is 1. The van der Waals surface area contributed by atoms with Gasteiger partial charge in [-0.15, -0.1) is 0 Å². The Bertz CT molecular complexity index is 295. The quantitative estimate of drug-likeness (QED) is 0.679. The van der Waals surface area contributed by atoms with Crippen LogP contribution in [0.1, 0.15) is 17.4 Å². The van der Waals surface area contributed by atoms with Gasteiger partial charge in [-0.05, 0) is 6.92 Å². The molecule has 0 aliphatic heterocycles. The molecule has 1 aromatic heterocycles. The molecule has 0 amide bonds. The Balaban J connectivity index is 2.84. The van der Waals surface area contributed by atoms with Crippen LogP contribution in [-0.4, -0.2) is 24.8 Å². The molecule has 0 saturated heterocycles. The Kier molecular flexibility index (Phi) is 3.02. The second-order valence-electron chi connectivity index (χ2n) is 2.67. The number of hydrogen-bond donors (Lipinski definition) is 1. The van der Waals surface area contributed by atoms with Crippen molar-refractivity contribution in [3.8, 4) is 0 Å². The molecule has 1 unspecified atom stereocenters. The van der Waals surface area contributed by atoms with E-state index in [1.54, 1.807) is 13.0 Å². The third-order valence-corrected chi connectivity index (χ3v) is 1.72. The van der Waals surface area contributed by atoms with E-state index >= 15 is 0 Å². The predicted molar refractivity (Wildman–Crippen MR) is 45.1 cm³/mol. The minimum absolute atomic E-state index is 0.165. The standard InChI is InChI=1S/C8H12N2O3/c1-5-3-7(10-13-5)6(4-9)8(11)12-2/h3,6H,4,9H2,1-2H3. The molecule has 5 nitrogen and oxygen atoms in total. The van der Waals surface area contributed by atoms with Gasteiger partial charge in [-0.1, -0.05) is 5.16 Å². The molecule has 1 heterocycles. The molecule has 1 atom stereocenters. The lowest BCUT2D eigenvalue weighted by molar-refractivity contribution is -0.142. The van der Waals surface area contributed by atoms with Crippen molar-refractivity contribution in [2.75, 3.05) is 13.7 Å². The van der Waals surface area contributed by atoms with Crippen molar-refractivity contribution in [3.63, 3.8) is 0 Å². The Morgan fingerprint density at radius 2 is 2.54 bits per heavy atom. The fourth-order valence-corrected chi connectivity index (χ4v) is 1.03. The van der Waals surface area contributed by atoms with Gasteiger partial charge in [0, 0.05) is 12.6 Å². The van der Waals surface area contributed by atoms with E-state index in [0.717, 1.165) is 0 Å².